The lowest BCUT2D eigenvalue weighted by atomic mass is 10.1. The Hall–Kier alpha value is -2.14. The number of hydrogen-bond acceptors (Lipinski definition) is 3. The Kier molecular flexibility index (Phi) is 4.90. The Morgan fingerprint density at radius 3 is 2.22 bits per heavy atom. The standard InChI is InChI=1S/C18H23NO3Si/c1-13-6-8-14(9-7-13)18(21)16-11-10-15(19(16)2)12-17(20)22-23(3,4)5/h6-11H,12H2,1-5H3. The molecule has 5 heteroatoms. The molecule has 2 rings (SSSR count). The minimum atomic E-state index is -1.89. The second-order valence-corrected chi connectivity index (χ2v) is 11.2. The zero-order valence-corrected chi connectivity index (χ0v) is 15.3. The number of carbonyl (C=O) groups is 2. The largest absolute Gasteiger partial charge is 0.520 e. The van der Waals surface area contributed by atoms with Crippen LogP contribution in [0.25, 0.3) is 0 Å². The molecule has 1 heterocycles. The van der Waals surface area contributed by atoms with E-state index >= 15 is 0 Å². The van der Waals surface area contributed by atoms with E-state index in [9.17, 15) is 9.59 Å². The predicted octanol–water partition coefficient (Wildman–Crippen LogP) is 3.49. The molecular formula is C18H23NO3Si. The van der Waals surface area contributed by atoms with E-state index in [0.29, 0.717) is 11.3 Å². The van der Waals surface area contributed by atoms with Gasteiger partial charge in [-0.25, -0.2) is 0 Å². The second-order valence-electron chi connectivity index (χ2n) is 6.73. The third-order valence-corrected chi connectivity index (χ3v) is 4.36. The number of ketones is 1. The molecule has 0 fully saturated rings. The lowest BCUT2D eigenvalue weighted by molar-refractivity contribution is -0.134. The fourth-order valence-electron chi connectivity index (χ4n) is 2.34. The van der Waals surface area contributed by atoms with Crippen molar-refractivity contribution in [3.05, 3.63) is 58.9 Å². The molecule has 0 saturated carbocycles. The van der Waals surface area contributed by atoms with Crippen molar-refractivity contribution in [2.75, 3.05) is 0 Å². The molecule has 122 valence electrons. The van der Waals surface area contributed by atoms with Crippen molar-refractivity contribution < 1.29 is 14.0 Å². The molecule has 0 amide bonds. The van der Waals surface area contributed by atoms with Crippen LogP contribution in [0.5, 0.6) is 0 Å². The van der Waals surface area contributed by atoms with Crippen LogP contribution in [0.1, 0.15) is 27.3 Å². The monoisotopic (exact) mass is 329 g/mol. The summed E-state index contributed by atoms with van der Waals surface area (Å²) in [5, 5.41) is 0. The molecule has 1 aromatic heterocycles. The van der Waals surface area contributed by atoms with Gasteiger partial charge in [0, 0.05) is 18.3 Å². The third kappa shape index (κ3) is 4.42. The molecule has 0 aliphatic rings. The quantitative estimate of drug-likeness (QED) is 0.623. The topological polar surface area (TPSA) is 48.3 Å². The van der Waals surface area contributed by atoms with Crippen LogP contribution in [0.2, 0.25) is 19.6 Å². The SMILES string of the molecule is Cc1ccc(C(=O)c2ccc(CC(=O)O[Si](C)(C)C)n2C)cc1. The van der Waals surface area contributed by atoms with E-state index in [0.717, 1.165) is 11.3 Å². The summed E-state index contributed by atoms with van der Waals surface area (Å²) in [6, 6.07) is 11.1. The van der Waals surface area contributed by atoms with Gasteiger partial charge in [-0.2, -0.15) is 0 Å². The van der Waals surface area contributed by atoms with Crippen molar-refractivity contribution in [3.63, 3.8) is 0 Å². The zero-order chi connectivity index (χ0) is 17.2. The molecule has 0 bridgehead atoms. The number of carbonyl (C=O) groups excluding carboxylic acids is 2. The molecule has 0 radical (unpaired) electrons. The lowest BCUT2D eigenvalue weighted by Gasteiger charge is -2.17. The molecule has 23 heavy (non-hydrogen) atoms. The van der Waals surface area contributed by atoms with E-state index in [4.69, 9.17) is 4.43 Å². The van der Waals surface area contributed by atoms with Gasteiger partial charge in [0.15, 0.2) is 0 Å². The van der Waals surface area contributed by atoms with Gasteiger partial charge < -0.3 is 8.99 Å². The predicted molar refractivity (Wildman–Crippen MR) is 93.2 cm³/mol. The van der Waals surface area contributed by atoms with Crippen molar-refractivity contribution in [3.8, 4) is 0 Å². The molecule has 0 aliphatic carbocycles. The van der Waals surface area contributed by atoms with Crippen molar-refractivity contribution >= 4 is 20.1 Å². The number of nitrogens with zero attached hydrogens (tertiary/aromatic N) is 1. The van der Waals surface area contributed by atoms with Crippen molar-refractivity contribution in [1.29, 1.82) is 0 Å². The highest BCUT2D eigenvalue weighted by Gasteiger charge is 2.22. The van der Waals surface area contributed by atoms with Gasteiger partial charge in [-0.3, -0.25) is 9.59 Å². The van der Waals surface area contributed by atoms with Gasteiger partial charge in [-0.05, 0) is 38.7 Å². The van der Waals surface area contributed by atoms with Crippen LogP contribution in [0.15, 0.2) is 36.4 Å². The first-order chi connectivity index (χ1) is 10.7. The summed E-state index contributed by atoms with van der Waals surface area (Å²) in [4.78, 5) is 24.6. The third-order valence-electron chi connectivity index (χ3n) is 3.52. The maximum absolute atomic E-state index is 12.6. The summed E-state index contributed by atoms with van der Waals surface area (Å²) >= 11 is 0. The Morgan fingerprint density at radius 1 is 1.04 bits per heavy atom. The Balaban J connectivity index is 2.17. The molecule has 0 atom stereocenters. The summed E-state index contributed by atoms with van der Waals surface area (Å²) in [5.74, 6) is -0.281. The van der Waals surface area contributed by atoms with Crippen LogP contribution in [-0.2, 0) is 22.7 Å². The molecule has 0 N–H and O–H groups in total. The van der Waals surface area contributed by atoms with Crippen LogP contribution in [0.3, 0.4) is 0 Å². The minimum Gasteiger partial charge on any atom is -0.520 e. The second kappa shape index (κ2) is 6.54. The van der Waals surface area contributed by atoms with E-state index in [1.807, 2.05) is 56.9 Å². The van der Waals surface area contributed by atoms with Crippen molar-refractivity contribution in [1.82, 2.24) is 4.57 Å². The van der Waals surface area contributed by atoms with Crippen molar-refractivity contribution in [2.24, 2.45) is 7.05 Å². The molecular weight excluding hydrogens is 306 g/mol. The van der Waals surface area contributed by atoms with E-state index in [1.165, 1.54) is 0 Å². The fraction of sp³-hybridized carbons (Fsp3) is 0.333. The van der Waals surface area contributed by atoms with E-state index in [-0.39, 0.29) is 18.2 Å². The lowest BCUT2D eigenvalue weighted by Crippen LogP contribution is -2.30. The molecule has 1 aromatic carbocycles. The molecule has 0 spiro atoms. The summed E-state index contributed by atoms with van der Waals surface area (Å²) in [5.41, 5.74) is 3.12. The number of aromatic nitrogens is 1. The van der Waals surface area contributed by atoms with Crippen LogP contribution in [-0.4, -0.2) is 24.6 Å². The Labute approximate surface area is 138 Å². The summed E-state index contributed by atoms with van der Waals surface area (Å²) < 4.78 is 7.24. The average molecular weight is 329 g/mol. The summed E-state index contributed by atoms with van der Waals surface area (Å²) in [7, 11) is -0.0862. The molecule has 0 saturated heterocycles. The first kappa shape index (κ1) is 17.2. The highest BCUT2D eigenvalue weighted by atomic mass is 28.4. The van der Waals surface area contributed by atoms with Gasteiger partial charge in [0.05, 0.1) is 12.1 Å². The fourth-order valence-corrected chi connectivity index (χ4v) is 3.09. The maximum Gasteiger partial charge on any atom is 0.298 e. The van der Waals surface area contributed by atoms with Crippen molar-refractivity contribution in [2.45, 2.75) is 33.0 Å². The van der Waals surface area contributed by atoms with Gasteiger partial charge in [0.1, 0.15) is 0 Å². The first-order valence-corrected chi connectivity index (χ1v) is 11.1. The van der Waals surface area contributed by atoms with Crippen LogP contribution in [0, 0.1) is 6.92 Å². The highest BCUT2D eigenvalue weighted by molar-refractivity contribution is 6.71. The van der Waals surface area contributed by atoms with E-state index in [2.05, 4.69) is 0 Å². The molecule has 2 aromatic rings. The summed E-state index contributed by atoms with van der Waals surface area (Å²) in [6.07, 6.45) is 0.182. The molecule has 4 nitrogen and oxygen atoms in total. The zero-order valence-electron chi connectivity index (χ0n) is 14.3. The van der Waals surface area contributed by atoms with E-state index < -0.39 is 8.32 Å². The minimum absolute atomic E-state index is 0.0442. The van der Waals surface area contributed by atoms with Gasteiger partial charge in [-0.15, -0.1) is 0 Å². The average Bonchev–Trinajstić information content (AvgIpc) is 2.78. The number of aryl methyl sites for hydroxylation is 1. The van der Waals surface area contributed by atoms with Crippen LogP contribution in [0.4, 0.5) is 0 Å². The number of hydrogen-bond donors (Lipinski definition) is 0. The van der Waals surface area contributed by atoms with Gasteiger partial charge in [-0.1, -0.05) is 29.8 Å². The number of rotatable bonds is 5. The molecule has 0 aliphatic heterocycles. The maximum atomic E-state index is 12.6. The van der Waals surface area contributed by atoms with Crippen LogP contribution < -0.4 is 0 Å². The normalized spacial score (nSPS) is 11.3. The highest BCUT2D eigenvalue weighted by Crippen LogP contribution is 2.15. The first-order valence-electron chi connectivity index (χ1n) is 7.65. The Morgan fingerprint density at radius 2 is 1.65 bits per heavy atom. The smallest absolute Gasteiger partial charge is 0.298 e. The summed E-state index contributed by atoms with van der Waals surface area (Å²) in [6.45, 7) is 7.91. The van der Waals surface area contributed by atoms with Gasteiger partial charge in [0.25, 0.3) is 5.97 Å². The number of benzene rings is 1. The van der Waals surface area contributed by atoms with Crippen LogP contribution >= 0.6 is 0 Å². The van der Waals surface area contributed by atoms with Gasteiger partial charge in [0.2, 0.25) is 14.1 Å². The van der Waals surface area contributed by atoms with Gasteiger partial charge >= 0.3 is 0 Å². The van der Waals surface area contributed by atoms with E-state index in [1.54, 1.807) is 17.7 Å². The molecule has 0 unspecified atom stereocenters. The Bertz CT molecular complexity index is 724.